The lowest BCUT2D eigenvalue weighted by Crippen LogP contribution is -2.34. The predicted molar refractivity (Wildman–Crippen MR) is 61.6 cm³/mol. The molecule has 1 aromatic rings. The minimum absolute atomic E-state index is 0.0157. The van der Waals surface area contributed by atoms with Gasteiger partial charge in [-0.3, -0.25) is 4.79 Å². The Labute approximate surface area is 93.6 Å². The zero-order valence-electron chi connectivity index (χ0n) is 9.23. The van der Waals surface area contributed by atoms with Gasteiger partial charge in [0.15, 0.2) is 5.13 Å². The first-order chi connectivity index (χ1) is 7.04. The van der Waals surface area contributed by atoms with Crippen LogP contribution in [0.5, 0.6) is 0 Å². The minimum atomic E-state index is -0.769. The number of carboxylic acids is 1. The van der Waals surface area contributed by atoms with Gasteiger partial charge in [0.05, 0.1) is 12.1 Å². The summed E-state index contributed by atoms with van der Waals surface area (Å²) in [5.74, 6) is -0.769. The van der Waals surface area contributed by atoms with Crippen molar-refractivity contribution < 1.29 is 9.90 Å². The van der Waals surface area contributed by atoms with E-state index in [2.05, 4.69) is 4.98 Å². The molecule has 0 fully saturated rings. The fraction of sp³-hybridized carbons (Fsp3) is 0.600. The molecule has 1 N–H and O–H groups in total. The van der Waals surface area contributed by atoms with Gasteiger partial charge in [-0.1, -0.05) is 0 Å². The van der Waals surface area contributed by atoms with Crippen LogP contribution in [0.15, 0.2) is 5.38 Å². The van der Waals surface area contributed by atoms with Crippen LogP contribution >= 0.6 is 11.3 Å². The van der Waals surface area contributed by atoms with Crippen molar-refractivity contribution in [3.63, 3.8) is 0 Å². The van der Waals surface area contributed by atoms with Gasteiger partial charge in [0.1, 0.15) is 0 Å². The second-order valence-electron chi connectivity index (χ2n) is 3.50. The molecule has 0 radical (unpaired) electrons. The summed E-state index contributed by atoms with van der Waals surface area (Å²) in [7, 11) is 0. The normalized spacial score (nSPS) is 12.5. The third kappa shape index (κ3) is 3.20. The molecule has 0 aliphatic rings. The van der Waals surface area contributed by atoms with Gasteiger partial charge in [0.25, 0.3) is 0 Å². The highest BCUT2D eigenvalue weighted by molar-refractivity contribution is 7.13. The fourth-order valence-electron chi connectivity index (χ4n) is 1.47. The first-order valence-electron chi connectivity index (χ1n) is 4.95. The Morgan fingerprint density at radius 2 is 2.40 bits per heavy atom. The van der Waals surface area contributed by atoms with Gasteiger partial charge in [0, 0.05) is 18.0 Å². The van der Waals surface area contributed by atoms with E-state index < -0.39 is 5.97 Å². The molecular weight excluding hydrogens is 212 g/mol. The van der Waals surface area contributed by atoms with Gasteiger partial charge >= 0.3 is 5.97 Å². The van der Waals surface area contributed by atoms with Gasteiger partial charge in [-0.15, -0.1) is 11.3 Å². The van der Waals surface area contributed by atoms with E-state index in [9.17, 15) is 4.79 Å². The van der Waals surface area contributed by atoms with Gasteiger partial charge in [-0.05, 0) is 20.8 Å². The Morgan fingerprint density at radius 3 is 2.80 bits per heavy atom. The molecule has 1 unspecified atom stereocenters. The summed E-state index contributed by atoms with van der Waals surface area (Å²) >= 11 is 1.56. The molecular formula is C10H16N2O2S. The van der Waals surface area contributed by atoms with E-state index in [1.165, 1.54) is 0 Å². The minimum Gasteiger partial charge on any atom is -0.481 e. The van der Waals surface area contributed by atoms with Crippen molar-refractivity contribution >= 4 is 22.4 Å². The standard InChI is InChI=1S/C10H16N2O2S/c1-4-12(8(3)5-9(13)14)10-11-7(2)6-15-10/h6,8H,4-5H2,1-3H3,(H,13,14). The van der Waals surface area contributed by atoms with E-state index in [1.807, 2.05) is 31.1 Å². The molecule has 15 heavy (non-hydrogen) atoms. The van der Waals surface area contributed by atoms with E-state index in [0.29, 0.717) is 0 Å². The molecule has 0 aliphatic carbocycles. The monoisotopic (exact) mass is 228 g/mol. The molecule has 5 heteroatoms. The van der Waals surface area contributed by atoms with Crippen LogP contribution in [-0.4, -0.2) is 28.6 Å². The highest BCUT2D eigenvalue weighted by Gasteiger charge is 2.18. The van der Waals surface area contributed by atoms with Crippen molar-refractivity contribution in [3.8, 4) is 0 Å². The molecule has 1 rings (SSSR count). The number of anilines is 1. The topological polar surface area (TPSA) is 53.4 Å². The Balaban J connectivity index is 2.74. The average molecular weight is 228 g/mol. The molecule has 0 saturated carbocycles. The van der Waals surface area contributed by atoms with Crippen LogP contribution in [0.2, 0.25) is 0 Å². The number of aromatic nitrogens is 1. The maximum Gasteiger partial charge on any atom is 0.305 e. The maximum absolute atomic E-state index is 10.6. The van der Waals surface area contributed by atoms with E-state index in [0.717, 1.165) is 17.4 Å². The Hall–Kier alpha value is -1.10. The second kappa shape index (κ2) is 5.11. The number of carboxylic acid groups (broad SMARTS) is 1. The van der Waals surface area contributed by atoms with Crippen LogP contribution in [-0.2, 0) is 4.79 Å². The van der Waals surface area contributed by atoms with E-state index >= 15 is 0 Å². The molecule has 4 nitrogen and oxygen atoms in total. The fourth-order valence-corrected chi connectivity index (χ4v) is 2.44. The number of carbonyl (C=O) groups is 1. The lowest BCUT2D eigenvalue weighted by atomic mass is 10.2. The summed E-state index contributed by atoms with van der Waals surface area (Å²) in [6, 6.07) is -0.0157. The lowest BCUT2D eigenvalue weighted by molar-refractivity contribution is -0.137. The summed E-state index contributed by atoms with van der Waals surface area (Å²) in [4.78, 5) is 17.0. The maximum atomic E-state index is 10.6. The largest absolute Gasteiger partial charge is 0.481 e. The highest BCUT2D eigenvalue weighted by atomic mass is 32.1. The Bertz CT molecular complexity index is 338. The van der Waals surface area contributed by atoms with Crippen molar-refractivity contribution in [1.29, 1.82) is 0 Å². The molecule has 0 spiro atoms. The molecule has 1 aromatic heterocycles. The molecule has 84 valence electrons. The molecule has 1 atom stereocenters. The van der Waals surface area contributed by atoms with Crippen LogP contribution < -0.4 is 4.90 Å². The van der Waals surface area contributed by atoms with Crippen LogP contribution in [0.25, 0.3) is 0 Å². The Morgan fingerprint density at radius 1 is 1.73 bits per heavy atom. The van der Waals surface area contributed by atoms with Crippen molar-refractivity contribution in [2.45, 2.75) is 33.2 Å². The van der Waals surface area contributed by atoms with Gasteiger partial charge in [-0.2, -0.15) is 0 Å². The quantitative estimate of drug-likeness (QED) is 0.839. The number of hydrogen-bond acceptors (Lipinski definition) is 4. The summed E-state index contributed by atoms with van der Waals surface area (Å²) in [5.41, 5.74) is 0.982. The van der Waals surface area contributed by atoms with Crippen molar-refractivity contribution in [2.24, 2.45) is 0 Å². The lowest BCUT2D eigenvalue weighted by Gasteiger charge is -2.26. The summed E-state index contributed by atoms with van der Waals surface area (Å²) in [6.07, 6.45) is 0.145. The number of hydrogen-bond donors (Lipinski definition) is 1. The van der Waals surface area contributed by atoms with Crippen LogP contribution in [0, 0.1) is 6.92 Å². The van der Waals surface area contributed by atoms with Gasteiger partial charge < -0.3 is 10.0 Å². The van der Waals surface area contributed by atoms with Crippen molar-refractivity contribution in [2.75, 3.05) is 11.4 Å². The van der Waals surface area contributed by atoms with E-state index in [4.69, 9.17) is 5.11 Å². The molecule has 0 saturated heterocycles. The summed E-state index contributed by atoms with van der Waals surface area (Å²) < 4.78 is 0. The molecule has 0 amide bonds. The van der Waals surface area contributed by atoms with Crippen LogP contribution in [0.3, 0.4) is 0 Å². The van der Waals surface area contributed by atoms with Crippen molar-refractivity contribution in [3.05, 3.63) is 11.1 Å². The number of nitrogens with zero attached hydrogens (tertiary/aromatic N) is 2. The summed E-state index contributed by atoms with van der Waals surface area (Å²) in [5, 5.41) is 11.6. The average Bonchev–Trinajstić information content (AvgIpc) is 2.51. The molecule has 0 bridgehead atoms. The first-order valence-corrected chi connectivity index (χ1v) is 5.83. The predicted octanol–water partition coefficient (Wildman–Crippen LogP) is 2.14. The van der Waals surface area contributed by atoms with Gasteiger partial charge in [0.2, 0.25) is 0 Å². The second-order valence-corrected chi connectivity index (χ2v) is 4.34. The SMILES string of the molecule is CCN(c1nc(C)cs1)C(C)CC(=O)O. The first kappa shape index (κ1) is 12.0. The third-order valence-corrected chi connectivity index (χ3v) is 3.19. The van der Waals surface area contributed by atoms with E-state index in [-0.39, 0.29) is 12.5 Å². The smallest absolute Gasteiger partial charge is 0.305 e. The third-order valence-electron chi connectivity index (χ3n) is 2.20. The highest BCUT2D eigenvalue weighted by Crippen LogP contribution is 2.22. The van der Waals surface area contributed by atoms with Crippen LogP contribution in [0.4, 0.5) is 5.13 Å². The van der Waals surface area contributed by atoms with E-state index in [1.54, 1.807) is 11.3 Å². The summed E-state index contributed by atoms with van der Waals surface area (Å²) in [6.45, 7) is 6.64. The van der Waals surface area contributed by atoms with Crippen LogP contribution in [0.1, 0.15) is 26.0 Å². The van der Waals surface area contributed by atoms with Crippen molar-refractivity contribution in [1.82, 2.24) is 4.98 Å². The zero-order chi connectivity index (χ0) is 11.4. The molecule has 0 aromatic carbocycles. The van der Waals surface area contributed by atoms with Gasteiger partial charge in [-0.25, -0.2) is 4.98 Å². The number of aliphatic carboxylic acids is 1. The molecule has 1 heterocycles. The molecule has 0 aliphatic heterocycles. The number of aryl methyl sites for hydroxylation is 1. The zero-order valence-corrected chi connectivity index (χ0v) is 10.0. The Kier molecular flexibility index (Phi) is 4.08. The number of rotatable bonds is 5. The number of thiazole rings is 1.